The van der Waals surface area contributed by atoms with E-state index < -0.39 is 18.1 Å². The van der Waals surface area contributed by atoms with Crippen molar-refractivity contribution in [3.05, 3.63) is 12.7 Å². The minimum absolute atomic E-state index is 0.0643. The number of carbonyl (C=O) groups is 1. The van der Waals surface area contributed by atoms with Gasteiger partial charge >= 0.3 is 5.97 Å². The Labute approximate surface area is 87.4 Å². The van der Waals surface area contributed by atoms with Gasteiger partial charge < -0.3 is 10.8 Å². The molecule has 0 aromatic rings. The van der Waals surface area contributed by atoms with Crippen LogP contribution in [0.25, 0.3) is 0 Å². The molecule has 5 nitrogen and oxygen atoms in total. The summed E-state index contributed by atoms with van der Waals surface area (Å²) in [5.74, 6) is -0.609. The minimum atomic E-state index is -1.04. The molecule has 2 atom stereocenters. The second kappa shape index (κ2) is 3.58. The third-order valence-corrected chi connectivity index (χ3v) is 2.62. The molecule has 1 aliphatic heterocycles. The summed E-state index contributed by atoms with van der Waals surface area (Å²) in [6.07, 6.45) is 2.99. The van der Waals surface area contributed by atoms with E-state index in [1.165, 1.54) is 6.08 Å². The van der Waals surface area contributed by atoms with Gasteiger partial charge in [-0.2, -0.15) is 0 Å². The molecular weight excluding hydrogens is 194 g/mol. The summed E-state index contributed by atoms with van der Waals surface area (Å²) in [7, 11) is 0. The Hall–Kier alpha value is -1.49. The highest BCUT2D eigenvalue weighted by Crippen LogP contribution is 2.33. The van der Waals surface area contributed by atoms with Gasteiger partial charge in [-0.1, -0.05) is 6.08 Å². The van der Waals surface area contributed by atoms with E-state index in [2.05, 4.69) is 16.6 Å². The van der Waals surface area contributed by atoms with E-state index in [4.69, 9.17) is 10.8 Å². The molecule has 1 fully saturated rings. The summed E-state index contributed by atoms with van der Waals surface area (Å²) in [4.78, 5) is 19.2. The molecule has 0 saturated heterocycles. The fourth-order valence-electron chi connectivity index (χ4n) is 1.60. The predicted octanol–water partition coefficient (Wildman–Crippen LogP) is 0.421. The van der Waals surface area contributed by atoms with Crippen molar-refractivity contribution >= 4 is 17.5 Å². The fraction of sp³-hybridized carbons (Fsp3) is 0.500. The number of amidine groups is 1. The summed E-state index contributed by atoms with van der Waals surface area (Å²) in [5.41, 5.74) is 5.84. The van der Waals surface area contributed by atoms with Crippen LogP contribution < -0.4 is 5.73 Å². The van der Waals surface area contributed by atoms with E-state index in [1.807, 2.05) is 0 Å². The molecule has 15 heavy (non-hydrogen) atoms. The van der Waals surface area contributed by atoms with Crippen molar-refractivity contribution in [1.29, 1.82) is 0 Å². The maximum Gasteiger partial charge on any atom is 0.351 e. The molecule has 1 aliphatic carbocycles. The van der Waals surface area contributed by atoms with E-state index in [0.29, 0.717) is 11.8 Å². The summed E-state index contributed by atoms with van der Waals surface area (Å²) < 4.78 is 0. The standard InChI is InChI=1S/C10H13N3O2/c1-2-6-7(10(14)15)12-9(5-3-4-5)13-8(6)11/h2,5-6,8H,1,3-4,11H2,(H,14,15). The molecule has 1 heterocycles. The normalized spacial score (nSPS) is 30.5. The van der Waals surface area contributed by atoms with Crippen LogP contribution in [0.1, 0.15) is 12.8 Å². The van der Waals surface area contributed by atoms with Crippen LogP contribution in [0, 0.1) is 11.8 Å². The summed E-state index contributed by atoms with van der Waals surface area (Å²) >= 11 is 0. The molecule has 2 aliphatic rings. The zero-order valence-electron chi connectivity index (χ0n) is 8.26. The first-order valence-corrected chi connectivity index (χ1v) is 4.91. The highest BCUT2D eigenvalue weighted by molar-refractivity contribution is 6.39. The molecule has 0 radical (unpaired) electrons. The SMILES string of the molecule is C=CC1C(C(=O)O)=NC(C2CC2)=NC1N. The largest absolute Gasteiger partial charge is 0.477 e. The Morgan fingerprint density at radius 2 is 2.27 bits per heavy atom. The zero-order chi connectivity index (χ0) is 11.0. The number of carboxylic acids is 1. The highest BCUT2D eigenvalue weighted by Gasteiger charge is 2.35. The van der Waals surface area contributed by atoms with Gasteiger partial charge in [0.1, 0.15) is 17.7 Å². The summed E-state index contributed by atoms with van der Waals surface area (Å²) in [6.45, 7) is 3.56. The molecular formula is C10H13N3O2. The quantitative estimate of drug-likeness (QED) is 0.657. The van der Waals surface area contributed by atoms with Gasteiger partial charge in [-0.15, -0.1) is 6.58 Å². The first-order valence-electron chi connectivity index (χ1n) is 4.91. The molecule has 3 N–H and O–H groups in total. The number of hydrogen-bond donors (Lipinski definition) is 2. The third-order valence-electron chi connectivity index (χ3n) is 2.62. The lowest BCUT2D eigenvalue weighted by molar-refractivity contribution is -0.129. The predicted molar refractivity (Wildman–Crippen MR) is 56.9 cm³/mol. The van der Waals surface area contributed by atoms with Crippen LogP contribution >= 0.6 is 0 Å². The van der Waals surface area contributed by atoms with Crippen molar-refractivity contribution in [2.75, 3.05) is 0 Å². The van der Waals surface area contributed by atoms with E-state index in [-0.39, 0.29) is 5.71 Å². The summed E-state index contributed by atoms with van der Waals surface area (Å²) in [6, 6.07) is 0. The van der Waals surface area contributed by atoms with Crippen molar-refractivity contribution in [2.24, 2.45) is 27.6 Å². The topological polar surface area (TPSA) is 88.0 Å². The molecule has 0 bridgehead atoms. The van der Waals surface area contributed by atoms with Crippen LogP contribution in [0.15, 0.2) is 22.6 Å². The molecule has 80 valence electrons. The number of carboxylic acid groups (broad SMARTS) is 1. The van der Waals surface area contributed by atoms with Crippen molar-refractivity contribution < 1.29 is 9.90 Å². The Bertz CT molecular complexity index is 369. The van der Waals surface area contributed by atoms with E-state index in [0.717, 1.165) is 12.8 Å². The average Bonchev–Trinajstić information content (AvgIpc) is 2.99. The van der Waals surface area contributed by atoms with Crippen LogP contribution in [-0.4, -0.2) is 28.8 Å². The van der Waals surface area contributed by atoms with Crippen molar-refractivity contribution in [1.82, 2.24) is 0 Å². The van der Waals surface area contributed by atoms with E-state index in [1.54, 1.807) is 0 Å². The lowest BCUT2D eigenvalue weighted by Gasteiger charge is -2.22. The van der Waals surface area contributed by atoms with Crippen LogP contribution in [0.5, 0.6) is 0 Å². The smallest absolute Gasteiger partial charge is 0.351 e. The number of aliphatic imine (C=N–C) groups is 2. The van der Waals surface area contributed by atoms with Gasteiger partial charge in [-0.25, -0.2) is 9.79 Å². The maximum absolute atomic E-state index is 11.0. The zero-order valence-corrected chi connectivity index (χ0v) is 8.26. The number of aliphatic carboxylic acids is 1. The van der Waals surface area contributed by atoms with Gasteiger partial charge in [-0.05, 0) is 12.8 Å². The monoisotopic (exact) mass is 207 g/mol. The van der Waals surface area contributed by atoms with Gasteiger partial charge in [0, 0.05) is 5.92 Å². The van der Waals surface area contributed by atoms with Crippen molar-refractivity contribution in [3.63, 3.8) is 0 Å². The Morgan fingerprint density at radius 1 is 1.60 bits per heavy atom. The first-order chi connectivity index (χ1) is 7.13. The number of nitrogens with two attached hydrogens (primary N) is 1. The van der Waals surface area contributed by atoms with Crippen molar-refractivity contribution in [3.8, 4) is 0 Å². The van der Waals surface area contributed by atoms with E-state index >= 15 is 0 Å². The Kier molecular flexibility index (Phi) is 2.40. The molecule has 0 amide bonds. The summed E-state index contributed by atoms with van der Waals surface area (Å²) in [5, 5.41) is 8.99. The first kappa shape index (κ1) is 10.0. The highest BCUT2D eigenvalue weighted by atomic mass is 16.4. The fourth-order valence-corrected chi connectivity index (χ4v) is 1.60. The van der Waals surface area contributed by atoms with Crippen LogP contribution in [0.4, 0.5) is 0 Å². The van der Waals surface area contributed by atoms with Gasteiger partial charge in [0.25, 0.3) is 0 Å². The van der Waals surface area contributed by atoms with Crippen LogP contribution in [0.2, 0.25) is 0 Å². The molecule has 1 saturated carbocycles. The average molecular weight is 207 g/mol. The molecule has 2 unspecified atom stereocenters. The second-order valence-electron chi connectivity index (χ2n) is 3.82. The third kappa shape index (κ3) is 1.83. The van der Waals surface area contributed by atoms with Crippen molar-refractivity contribution in [2.45, 2.75) is 19.0 Å². The molecule has 0 aromatic carbocycles. The van der Waals surface area contributed by atoms with Gasteiger partial charge in [0.2, 0.25) is 0 Å². The minimum Gasteiger partial charge on any atom is -0.477 e. The van der Waals surface area contributed by atoms with Gasteiger partial charge in [-0.3, -0.25) is 4.99 Å². The van der Waals surface area contributed by atoms with Gasteiger partial charge in [0.05, 0.1) is 5.92 Å². The number of nitrogens with zero attached hydrogens (tertiary/aromatic N) is 2. The number of hydrogen-bond acceptors (Lipinski definition) is 4. The van der Waals surface area contributed by atoms with Crippen LogP contribution in [0.3, 0.4) is 0 Å². The second-order valence-corrected chi connectivity index (χ2v) is 3.82. The maximum atomic E-state index is 11.0. The lowest BCUT2D eigenvalue weighted by Crippen LogP contribution is -2.40. The molecule has 0 spiro atoms. The molecule has 5 heteroatoms. The van der Waals surface area contributed by atoms with Gasteiger partial charge in [0.15, 0.2) is 0 Å². The Balaban J connectivity index is 2.32. The van der Waals surface area contributed by atoms with E-state index in [9.17, 15) is 4.79 Å². The molecule has 0 aromatic heterocycles. The lowest BCUT2D eigenvalue weighted by atomic mass is 9.98. The number of rotatable bonds is 3. The Morgan fingerprint density at radius 3 is 2.73 bits per heavy atom. The molecule has 2 rings (SSSR count). The van der Waals surface area contributed by atoms with Crippen LogP contribution in [-0.2, 0) is 4.79 Å².